The van der Waals surface area contributed by atoms with Crippen LogP contribution in [0.2, 0.25) is 0 Å². The maximum atomic E-state index is 12.2. The lowest BCUT2D eigenvalue weighted by Gasteiger charge is -2.32. The molecule has 2 aromatic rings. The van der Waals surface area contributed by atoms with Crippen LogP contribution < -0.4 is 4.74 Å². The summed E-state index contributed by atoms with van der Waals surface area (Å²) in [6.45, 7) is 5.52. The van der Waals surface area contributed by atoms with E-state index in [1.54, 1.807) is 5.38 Å². The minimum absolute atomic E-state index is 0.0288. The second-order valence-corrected chi connectivity index (χ2v) is 6.28. The predicted octanol–water partition coefficient (Wildman–Crippen LogP) is 2.84. The van der Waals surface area contributed by atoms with E-state index in [0.717, 1.165) is 24.2 Å². The molecule has 1 aromatic heterocycles. The summed E-state index contributed by atoms with van der Waals surface area (Å²) in [5, 5.41) is 5.54. The molecule has 0 spiro atoms. The van der Waals surface area contributed by atoms with Crippen molar-refractivity contribution in [2.24, 2.45) is 0 Å². The van der Waals surface area contributed by atoms with Crippen molar-refractivity contribution in [3.8, 4) is 5.75 Å². The second kappa shape index (κ2) is 6.44. The number of piperidine rings is 1. The number of hydrogen-bond donors (Lipinski definition) is 0. The molecule has 6 heteroatoms. The third kappa shape index (κ3) is 3.27. The van der Waals surface area contributed by atoms with Crippen molar-refractivity contribution in [2.45, 2.75) is 32.8 Å². The smallest absolute Gasteiger partial charge is 0.275 e. The van der Waals surface area contributed by atoms with E-state index in [2.05, 4.69) is 41.6 Å². The molecule has 116 valence electrons. The van der Waals surface area contributed by atoms with Crippen LogP contribution in [0.25, 0.3) is 0 Å². The van der Waals surface area contributed by atoms with E-state index < -0.39 is 0 Å². The van der Waals surface area contributed by atoms with Gasteiger partial charge in [-0.3, -0.25) is 4.79 Å². The molecule has 0 bridgehead atoms. The van der Waals surface area contributed by atoms with Gasteiger partial charge in [-0.25, -0.2) is 0 Å². The number of carbonyl (C=O) groups excluding carboxylic acids is 1. The largest absolute Gasteiger partial charge is 0.490 e. The van der Waals surface area contributed by atoms with E-state index in [9.17, 15) is 4.79 Å². The summed E-state index contributed by atoms with van der Waals surface area (Å²) >= 11 is 1.20. The molecular weight excluding hydrogens is 298 g/mol. The van der Waals surface area contributed by atoms with Gasteiger partial charge in [-0.05, 0) is 42.6 Å². The highest BCUT2D eigenvalue weighted by molar-refractivity contribution is 7.03. The standard InChI is InChI=1S/C16H19N3O2S/c1-11-3-4-12(2)15(9-11)21-13-5-7-19(8-6-13)16(20)14-10-22-18-17-14/h3-4,9-10,13H,5-8H2,1-2H3. The third-order valence-electron chi connectivity index (χ3n) is 3.95. The highest BCUT2D eigenvalue weighted by Crippen LogP contribution is 2.24. The number of likely N-dealkylation sites (tertiary alicyclic amines) is 1. The summed E-state index contributed by atoms with van der Waals surface area (Å²) in [5.74, 6) is 0.924. The van der Waals surface area contributed by atoms with Gasteiger partial charge in [0.25, 0.3) is 5.91 Å². The number of rotatable bonds is 3. The monoisotopic (exact) mass is 317 g/mol. The summed E-state index contributed by atoms with van der Waals surface area (Å²) < 4.78 is 9.87. The Morgan fingerprint density at radius 1 is 1.32 bits per heavy atom. The van der Waals surface area contributed by atoms with Crippen molar-refractivity contribution < 1.29 is 9.53 Å². The first-order valence-corrected chi connectivity index (χ1v) is 8.27. The second-order valence-electron chi connectivity index (χ2n) is 5.67. The number of ether oxygens (including phenoxy) is 1. The molecule has 5 nitrogen and oxygen atoms in total. The molecular formula is C16H19N3O2S. The van der Waals surface area contributed by atoms with Crippen LogP contribution in [0.15, 0.2) is 23.6 Å². The highest BCUT2D eigenvalue weighted by atomic mass is 32.1. The van der Waals surface area contributed by atoms with Gasteiger partial charge in [0.1, 0.15) is 11.9 Å². The fourth-order valence-corrected chi connectivity index (χ4v) is 3.04. The van der Waals surface area contributed by atoms with Crippen LogP contribution in [0.1, 0.15) is 34.5 Å². The van der Waals surface area contributed by atoms with Crippen LogP contribution >= 0.6 is 11.5 Å². The molecule has 3 rings (SSSR count). The quantitative estimate of drug-likeness (QED) is 0.873. The van der Waals surface area contributed by atoms with Gasteiger partial charge < -0.3 is 9.64 Å². The first kappa shape index (κ1) is 15.0. The van der Waals surface area contributed by atoms with Gasteiger partial charge in [-0.1, -0.05) is 16.6 Å². The fourth-order valence-electron chi connectivity index (χ4n) is 2.61. The number of hydrogen-bond acceptors (Lipinski definition) is 5. The molecule has 0 aliphatic carbocycles. The van der Waals surface area contributed by atoms with E-state index in [-0.39, 0.29) is 12.0 Å². The van der Waals surface area contributed by atoms with E-state index >= 15 is 0 Å². The molecule has 1 amide bonds. The Hall–Kier alpha value is -1.95. The Morgan fingerprint density at radius 2 is 2.09 bits per heavy atom. The minimum atomic E-state index is -0.0288. The lowest BCUT2D eigenvalue weighted by atomic mass is 10.1. The van der Waals surface area contributed by atoms with Gasteiger partial charge in [-0.2, -0.15) is 0 Å². The summed E-state index contributed by atoms with van der Waals surface area (Å²) in [6, 6.07) is 6.25. The molecule has 1 saturated heterocycles. The first-order valence-electron chi connectivity index (χ1n) is 7.44. The van der Waals surface area contributed by atoms with Crippen molar-refractivity contribution in [1.82, 2.24) is 14.5 Å². The molecule has 0 N–H and O–H groups in total. The average Bonchev–Trinajstić information content (AvgIpc) is 3.05. The average molecular weight is 317 g/mol. The summed E-state index contributed by atoms with van der Waals surface area (Å²) in [5.41, 5.74) is 2.79. The maximum Gasteiger partial charge on any atom is 0.275 e. The lowest BCUT2D eigenvalue weighted by molar-refractivity contribution is 0.0589. The Morgan fingerprint density at radius 3 is 2.77 bits per heavy atom. The Kier molecular flexibility index (Phi) is 4.38. The van der Waals surface area contributed by atoms with Gasteiger partial charge in [-0.15, -0.1) is 5.10 Å². The van der Waals surface area contributed by atoms with Crippen LogP contribution in [-0.2, 0) is 0 Å². The zero-order valence-electron chi connectivity index (χ0n) is 12.8. The molecule has 22 heavy (non-hydrogen) atoms. The normalized spacial score (nSPS) is 15.8. The number of amides is 1. The molecule has 1 aliphatic rings. The number of aryl methyl sites for hydroxylation is 2. The number of carbonyl (C=O) groups is 1. The molecule has 1 aromatic carbocycles. The van der Waals surface area contributed by atoms with E-state index in [0.29, 0.717) is 18.8 Å². The predicted molar refractivity (Wildman–Crippen MR) is 85.4 cm³/mol. The summed E-state index contributed by atoms with van der Waals surface area (Å²) in [7, 11) is 0. The SMILES string of the molecule is Cc1ccc(C)c(OC2CCN(C(=O)c3csnn3)CC2)c1. The van der Waals surface area contributed by atoms with Crippen molar-refractivity contribution in [1.29, 1.82) is 0 Å². The Bertz CT molecular complexity index is 649. The van der Waals surface area contributed by atoms with E-state index in [1.165, 1.54) is 17.1 Å². The van der Waals surface area contributed by atoms with Crippen molar-refractivity contribution in [3.05, 3.63) is 40.4 Å². The Balaban J connectivity index is 1.58. The van der Waals surface area contributed by atoms with Gasteiger partial charge in [0.2, 0.25) is 0 Å². The lowest BCUT2D eigenvalue weighted by Crippen LogP contribution is -2.42. The van der Waals surface area contributed by atoms with Crippen LogP contribution in [0.5, 0.6) is 5.75 Å². The summed E-state index contributed by atoms with van der Waals surface area (Å²) in [6.07, 6.45) is 1.85. The molecule has 1 fully saturated rings. The van der Waals surface area contributed by atoms with E-state index in [1.807, 2.05) is 4.90 Å². The van der Waals surface area contributed by atoms with Crippen LogP contribution in [-0.4, -0.2) is 39.6 Å². The number of nitrogens with zero attached hydrogens (tertiary/aromatic N) is 3. The zero-order valence-corrected chi connectivity index (χ0v) is 13.6. The number of benzene rings is 1. The van der Waals surface area contributed by atoms with Crippen molar-refractivity contribution in [2.75, 3.05) is 13.1 Å². The van der Waals surface area contributed by atoms with Crippen LogP contribution in [0, 0.1) is 13.8 Å². The molecule has 2 heterocycles. The molecule has 0 radical (unpaired) electrons. The first-order chi connectivity index (χ1) is 10.6. The van der Waals surface area contributed by atoms with Crippen LogP contribution in [0.3, 0.4) is 0 Å². The number of aromatic nitrogens is 2. The Labute approximate surface area is 134 Å². The fraction of sp³-hybridized carbons (Fsp3) is 0.438. The summed E-state index contributed by atoms with van der Waals surface area (Å²) in [4.78, 5) is 14.0. The molecule has 1 aliphatic heterocycles. The van der Waals surface area contributed by atoms with Gasteiger partial charge in [0, 0.05) is 31.3 Å². The minimum Gasteiger partial charge on any atom is -0.490 e. The zero-order chi connectivity index (χ0) is 15.5. The highest BCUT2D eigenvalue weighted by Gasteiger charge is 2.26. The molecule has 0 atom stereocenters. The maximum absolute atomic E-state index is 12.2. The van der Waals surface area contributed by atoms with Crippen molar-refractivity contribution in [3.63, 3.8) is 0 Å². The van der Waals surface area contributed by atoms with Crippen LogP contribution in [0.4, 0.5) is 0 Å². The third-order valence-corrected chi connectivity index (χ3v) is 4.45. The van der Waals surface area contributed by atoms with E-state index in [4.69, 9.17) is 4.74 Å². The van der Waals surface area contributed by atoms with Gasteiger partial charge in [0.15, 0.2) is 5.69 Å². The molecule has 0 saturated carbocycles. The van der Waals surface area contributed by atoms with Gasteiger partial charge in [0.05, 0.1) is 0 Å². The molecule has 0 unspecified atom stereocenters. The van der Waals surface area contributed by atoms with Crippen molar-refractivity contribution >= 4 is 17.4 Å². The van der Waals surface area contributed by atoms with Gasteiger partial charge >= 0.3 is 0 Å². The topological polar surface area (TPSA) is 55.3 Å².